The molecule has 1 aromatic heterocycles. The molecule has 0 aliphatic rings. The van der Waals surface area contributed by atoms with Crippen LogP contribution in [0.3, 0.4) is 0 Å². The second-order valence-electron chi connectivity index (χ2n) is 4.11. The van der Waals surface area contributed by atoms with Crippen LogP contribution in [0.4, 0.5) is 0 Å². The first kappa shape index (κ1) is 14.8. The maximum Gasteiger partial charge on any atom is 0.153 e. The highest BCUT2D eigenvalue weighted by molar-refractivity contribution is 9.10. The summed E-state index contributed by atoms with van der Waals surface area (Å²) in [5, 5.41) is 9.88. The number of halogens is 2. The molecule has 0 radical (unpaired) electrons. The van der Waals surface area contributed by atoms with Gasteiger partial charge in [-0.2, -0.15) is 0 Å². The zero-order chi connectivity index (χ0) is 14.7. The largest absolute Gasteiger partial charge is 0.507 e. The summed E-state index contributed by atoms with van der Waals surface area (Å²) in [6.07, 6.45) is 2.20. The number of hydrogen-bond acceptors (Lipinski definition) is 4. The van der Waals surface area contributed by atoms with Crippen molar-refractivity contribution in [3.05, 3.63) is 50.7 Å². The fraction of sp³-hybridized carbons (Fsp3) is 0.143. The van der Waals surface area contributed by atoms with E-state index < -0.39 is 0 Å². The number of benzene rings is 1. The number of aldehydes is 1. The molecule has 1 aromatic carbocycles. The summed E-state index contributed by atoms with van der Waals surface area (Å²) in [7, 11) is 0. The van der Waals surface area contributed by atoms with Crippen molar-refractivity contribution in [2.45, 2.75) is 13.5 Å². The molecular formula is C14H11BrClNO3. The third-order valence-electron chi connectivity index (χ3n) is 2.81. The topological polar surface area (TPSA) is 59.4 Å². The molecule has 0 aliphatic heterocycles. The van der Waals surface area contributed by atoms with Gasteiger partial charge in [-0.1, -0.05) is 27.5 Å². The Bertz CT molecular complexity index is 661. The third kappa shape index (κ3) is 3.11. The standard InChI is InChI=1S/C14H11BrClNO3/c1-8-10(15)2-3-17-12(8)7-20-14-5-13(19)9(6-18)4-11(14)16/h2-6,19H,7H2,1H3. The van der Waals surface area contributed by atoms with Crippen molar-refractivity contribution in [2.24, 2.45) is 0 Å². The van der Waals surface area contributed by atoms with Crippen LogP contribution in [-0.2, 0) is 6.61 Å². The van der Waals surface area contributed by atoms with Gasteiger partial charge in [0.2, 0.25) is 0 Å². The number of carbonyl (C=O) groups is 1. The first-order valence-electron chi connectivity index (χ1n) is 5.73. The van der Waals surface area contributed by atoms with Crippen LogP contribution >= 0.6 is 27.5 Å². The van der Waals surface area contributed by atoms with Crippen molar-refractivity contribution >= 4 is 33.8 Å². The molecular weight excluding hydrogens is 346 g/mol. The molecule has 0 unspecified atom stereocenters. The van der Waals surface area contributed by atoms with Crippen molar-refractivity contribution in [1.82, 2.24) is 4.98 Å². The van der Waals surface area contributed by atoms with Crippen molar-refractivity contribution in [3.8, 4) is 11.5 Å². The van der Waals surface area contributed by atoms with Crippen LogP contribution in [0.25, 0.3) is 0 Å². The first-order valence-corrected chi connectivity index (χ1v) is 6.90. The molecule has 0 atom stereocenters. The number of pyridine rings is 1. The molecule has 0 spiro atoms. The van der Waals surface area contributed by atoms with Gasteiger partial charge in [0.05, 0.1) is 16.3 Å². The zero-order valence-electron chi connectivity index (χ0n) is 10.6. The number of carbonyl (C=O) groups excluding carboxylic acids is 1. The summed E-state index contributed by atoms with van der Waals surface area (Å²) < 4.78 is 6.49. The Hall–Kier alpha value is -1.59. The van der Waals surface area contributed by atoms with Gasteiger partial charge < -0.3 is 9.84 Å². The number of phenolic OH excluding ortho intramolecular Hbond substituents is 1. The Morgan fingerprint density at radius 3 is 2.95 bits per heavy atom. The summed E-state index contributed by atoms with van der Waals surface area (Å²) in [4.78, 5) is 14.9. The van der Waals surface area contributed by atoms with Gasteiger partial charge >= 0.3 is 0 Å². The zero-order valence-corrected chi connectivity index (χ0v) is 12.9. The van der Waals surface area contributed by atoms with Gasteiger partial charge in [-0.15, -0.1) is 0 Å². The maximum absolute atomic E-state index is 10.7. The molecule has 104 valence electrons. The SMILES string of the molecule is Cc1c(Br)ccnc1COc1cc(O)c(C=O)cc1Cl. The van der Waals surface area contributed by atoms with Gasteiger partial charge in [-0.25, -0.2) is 0 Å². The van der Waals surface area contributed by atoms with E-state index in [4.69, 9.17) is 16.3 Å². The first-order chi connectivity index (χ1) is 9.52. The molecule has 0 amide bonds. The Kier molecular flexibility index (Phi) is 4.62. The highest BCUT2D eigenvalue weighted by Gasteiger charge is 2.10. The normalized spacial score (nSPS) is 10.3. The molecule has 1 heterocycles. The van der Waals surface area contributed by atoms with E-state index in [0.29, 0.717) is 12.0 Å². The number of ether oxygens (including phenoxy) is 1. The number of nitrogens with zero attached hydrogens (tertiary/aromatic N) is 1. The molecule has 0 aliphatic carbocycles. The summed E-state index contributed by atoms with van der Waals surface area (Å²) in [5.41, 5.74) is 1.85. The van der Waals surface area contributed by atoms with Crippen LogP contribution in [0.15, 0.2) is 28.9 Å². The van der Waals surface area contributed by atoms with E-state index in [1.807, 2.05) is 13.0 Å². The summed E-state index contributed by atoms with van der Waals surface area (Å²) in [5.74, 6) is 0.134. The van der Waals surface area contributed by atoms with E-state index in [1.54, 1.807) is 6.20 Å². The van der Waals surface area contributed by atoms with E-state index in [-0.39, 0.29) is 22.9 Å². The quantitative estimate of drug-likeness (QED) is 0.844. The van der Waals surface area contributed by atoms with E-state index >= 15 is 0 Å². The Balaban J connectivity index is 2.21. The van der Waals surface area contributed by atoms with Crippen LogP contribution in [0.5, 0.6) is 11.5 Å². The van der Waals surface area contributed by atoms with Gasteiger partial charge in [-0.05, 0) is 24.6 Å². The molecule has 2 aromatic rings. The molecule has 0 saturated heterocycles. The molecule has 20 heavy (non-hydrogen) atoms. The number of aromatic hydroxyl groups is 1. The fourth-order valence-electron chi connectivity index (χ4n) is 1.61. The molecule has 1 N–H and O–H groups in total. The molecule has 2 rings (SSSR count). The fourth-order valence-corrected chi connectivity index (χ4v) is 2.18. The van der Waals surface area contributed by atoms with Crippen molar-refractivity contribution in [2.75, 3.05) is 0 Å². The number of hydrogen-bond donors (Lipinski definition) is 1. The van der Waals surface area contributed by atoms with Crippen LogP contribution in [0.1, 0.15) is 21.6 Å². The van der Waals surface area contributed by atoms with Crippen molar-refractivity contribution in [1.29, 1.82) is 0 Å². The lowest BCUT2D eigenvalue weighted by atomic mass is 10.2. The summed E-state index contributed by atoms with van der Waals surface area (Å²) >= 11 is 9.41. The van der Waals surface area contributed by atoms with E-state index in [0.717, 1.165) is 15.7 Å². The van der Waals surface area contributed by atoms with Crippen molar-refractivity contribution < 1.29 is 14.6 Å². The number of phenols is 1. The second kappa shape index (κ2) is 6.24. The second-order valence-corrected chi connectivity index (χ2v) is 5.37. The van der Waals surface area contributed by atoms with E-state index in [9.17, 15) is 9.90 Å². The summed E-state index contributed by atoms with van der Waals surface area (Å²) in [6, 6.07) is 4.52. The monoisotopic (exact) mass is 355 g/mol. The van der Waals surface area contributed by atoms with Gasteiger partial charge in [0.15, 0.2) is 6.29 Å². The predicted molar refractivity (Wildman–Crippen MR) is 79.5 cm³/mol. The smallest absolute Gasteiger partial charge is 0.153 e. The van der Waals surface area contributed by atoms with Crippen LogP contribution < -0.4 is 4.74 Å². The van der Waals surface area contributed by atoms with Crippen molar-refractivity contribution in [3.63, 3.8) is 0 Å². The number of rotatable bonds is 4. The highest BCUT2D eigenvalue weighted by Crippen LogP contribution is 2.32. The highest BCUT2D eigenvalue weighted by atomic mass is 79.9. The minimum Gasteiger partial charge on any atom is -0.507 e. The van der Waals surface area contributed by atoms with E-state index in [1.165, 1.54) is 12.1 Å². The maximum atomic E-state index is 10.7. The molecule has 0 saturated carbocycles. The predicted octanol–water partition coefficient (Wildman–Crippen LogP) is 3.90. The van der Waals surface area contributed by atoms with Gasteiger partial charge in [-0.3, -0.25) is 9.78 Å². The molecule has 6 heteroatoms. The lowest BCUT2D eigenvalue weighted by Crippen LogP contribution is -2.02. The average molecular weight is 357 g/mol. The van der Waals surface area contributed by atoms with Crippen LogP contribution in [0, 0.1) is 6.92 Å². The van der Waals surface area contributed by atoms with Crippen LogP contribution in [-0.4, -0.2) is 16.4 Å². The Labute approximate surface area is 129 Å². The lowest BCUT2D eigenvalue weighted by molar-refractivity contribution is 0.112. The third-order valence-corrected chi connectivity index (χ3v) is 3.97. The van der Waals surface area contributed by atoms with Gasteiger partial charge in [0.1, 0.15) is 18.1 Å². The average Bonchev–Trinajstić information content (AvgIpc) is 2.43. The molecule has 0 bridgehead atoms. The minimum atomic E-state index is -0.168. The Morgan fingerprint density at radius 1 is 1.50 bits per heavy atom. The minimum absolute atomic E-state index is 0.124. The molecule has 0 fully saturated rings. The summed E-state index contributed by atoms with van der Waals surface area (Å²) in [6.45, 7) is 2.13. The van der Waals surface area contributed by atoms with Gasteiger partial charge in [0.25, 0.3) is 0 Å². The number of aromatic nitrogens is 1. The lowest BCUT2D eigenvalue weighted by Gasteiger charge is -2.11. The van der Waals surface area contributed by atoms with Gasteiger partial charge in [0, 0.05) is 16.7 Å². The van der Waals surface area contributed by atoms with E-state index in [2.05, 4.69) is 20.9 Å². The molecule has 4 nitrogen and oxygen atoms in total. The Morgan fingerprint density at radius 2 is 2.25 bits per heavy atom. The van der Waals surface area contributed by atoms with Crippen LogP contribution in [0.2, 0.25) is 5.02 Å².